The third-order valence-electron chi connectivity index (χ3n) is 12.5. The average Bonchev–Trinajstić information content (AvgIpc) is 3.34. The van der Waals surface area contributed by atoms with Crippen LogP contribution in [0.25, 0.3) is 0 Å². The predicted octanol–water partition coefficient (Wildman–Crippen LogP) is -14.3. The van der Waals surface area contributed by atoms with Crippen molar-refractivity contribution in [2.45, 2.75) is 185 Å². The Hall–Kier alpha value is -1.73. The zero-order chi connectivity index (χ0) is 52.0. The molecule has 21 N–H and O–H groups in total. The molecule has 0 aromatic heterocycles. The molecule has 0 spiro atoms. The maximum Gasteiger partial charge on any atom is 0.217 e. The van der Waals surface area contributed by atoms with Crippen LogP contribution in [0.2, 0.25) is 0 Å². The summed E-state index contributed by atoms with van der Waals surface area (Å²) in [6.45, 7) is -6.01. The Bertz CT molecular complexity index is 1580. The molecule has 70 heavy (non-hydrogen) atoms. The lowest BCUT2D eigenvalue weighted by molar-refractivity contribution is -0.395. The van der Waals surface area contributed by atoms with E-state index in [2.05, 4.69) is 5.32 Å². The summed E-state index contributed by atoms with van der Waals surface area (Å²) < 4.78 is 56.3. The number of carbonyl (C=O) groups excluding carboxylic acids is 1. The Labute approximate surface area is 396 Å². The minimum atomic E-state index is -2.37. The molecule has 29 atom stereocenters. The van der Waals surface area contributed by atoms with Crippen molar-refractivity contribution in [2.75, 3.05) is 46.2 Å². The second-order valence-corrected chi connectivity index (χ2v) is 17.3. The number of ether oxygens (including phenoxy) is 10. The highest BCUT2D eigenvalue weighted by molar-refractivity contribution is 5.73. The number of hydrogen-bond acceptors (Lipinski definition) is 31. The van der Waals surface area contributed by atoms with Crippen LogP contribution in [0.3, 0.4) is 0 Å². The first-order valence-electron chi connectivity index (χ1n) is 22.0. The number of rotatable bonds is 21. The van der Waals surface area contributed by atoms with Gasteiger partial charge in [-0.1, -0.05) is 0 Å². The summed E-state index contributed by atoms with van der Waals surface area (Å²) in [5, 5.41) is 214. The molecule has 32 heteroatoms. The van der Waals surface area contributed by atoms with E-state index in [1.165, 1.54) is 0 Å². The first-order valence-corrected chi connectivity index (χ1v) is 22.0. The van der Waals surface area contributed by atoms with Crippen LogP contribution in [0, 0.1) is 0 Å². The quantitative estimate of drug-likeness (QED) is 0.0507. The molecule has 5 heterocycles. The van der Waals surface area contributed by atoms with E-state index in [0.717, 1.165) is 6.92 Å². The Balaban J connectivity index is 1.47. The smallest absolute Gasteiger partial charge is 0.217 e. The van der Waals surface area contributed by atoms with E-state index < -0.39 is 230 Å². The molecule has 0 aromatic rings. The van der Waals surface area contributed by atoms with E-state index in [1.54, 1.807) is 0 Å². The standard InChI is InChI=1S/C38H67NO31/c1-9(46)39-10(2-40)17(48)30(11(47)3-41)67-37-29(60)32(69-38-33(25(56)20(51)14(6-44)65-38)70-36-27(58)24(55)19(50)13(5-43)64-36)22(53)16(66-37)8-61-34-28(59)31(21(52)15(7-45)62-34)68-35-26(57)23(54)18(49)12(4-42)63-35/h10-38,40-45,47-60H,2-8H2,1H3,(H,39,46)/t10-,11+,12+,13+,14+,15+,16+,17+,18+,19+,20+,21+,22+,23-,24-,25-,26-,27-,28-,29-,30+,31-,32-,33-,34-,35+,36+,37-,38+/m0/s1. The summed E-state index contributed by atoms with van der Waals surface area (Å²) in [6.07, 6.45) is -56.2. The molecule has 5 saturated heterocycles. The molecule has 0 aromatic carbocycles. The summed E-state index contributed by atoms with van der Waals surface area (Å²) in [6, 6.07) is -1.61. The van der Waals surface area contributed by atoms with Crippen LogP contribution in [-0.2, 0) is 52.2 Å². The van der Waals surface area contributed by atoms with Gasteiger partial charge in [0.1, 0.15) is 140 Å². The average molecular weight is 1030 g/mol. The number of aliphatic hydroxyl groups is 20. The molecule has 5 aliphatic rings. The predicted molar refractivity (Wildman–Crippen MR) is 213 cm³/mol. The van der Waals surface area contributed by atoms with Gasteiger partial charge in [-0.25, -0.2) is 0 Å². The van der Waals surface area contributed by atoms with Crippen LogP contribution < -0.4 is 5.32 Å². The van der Waals surface area contributed by atoms with Gasteiger partial charge < -0.3 is 155 Å². The molecule has 0 radical (unpaired) electrons. The molecule has 32 nitrogen and oxygen atoms in total. The second-order valence-electron chi connectivity index (χ2n) is 17.3. The fraction of sp³-hybridized carbons (Fsp3) is 0.974. The lowest BCUT2D eigenvalue weighted by Gasteiger charge is -2.49. The van der Waals surface area contributed by atoms with Crippen molar-refractivity contribution in [3.63, 3.8) is 0 Å². The maximum atomic E-state index is 11.9. The summed E-state index contributed by atoms with van der Waals surface area (Å²) in [7, 11) is 0. The van der Waals surface area contributed by atoms with Gasteiger partial charge in [-0.15, -0.1) is 0 Å². The van der Waals surface area contributed by atoms with Gasteiger partial charge in [0.25, 0.3) is 0 Å². The molecule has 0 bridgehead atoms. The van der Waals surface area contributed by atoms with E-state index in [-0.39, 0.29) is 0 Å². The Morgan fingerprint density at radius 3 is 1.33 bits per heavy atom. The lowest BCUT2D eigenvalue weighted by Crippen LogP contribution is -2.68. The minimum Gasteiger partial charge on any atom is -0.394 e. The van der Waals surface area contributed by atoms with Crippen LogP contribution in [0.15, 0.2) is 0 Å². The third kappa shape index (κ3) is 13.0. The molecular formula is C38H67NO31. The van der Waals surface area contributed by atoms with Crippen LogP contribution in [0.5, 0.6) is 0 Å². The van der Waals surface area contributed by atoms with Crippen LogP contribution in [-0.4, -0.2) is 332 Å². The van der Waals surface area contributed by atoms with E-state index in [0.29, 0.717) is 0 Å². The van der Waals surface area contributed by atoms with Crippen molar-refractivity contribution >= 4 is 5.91 Å². The van der Waals surface area contributed by atoms with Crippen LogP contribution in [0.4, 0.5) is 0 Å². The highest BCUT2D eigenvalue weighted by atomic mass is 16.8. The molecule has 5 aliphatic heterocycles. The minimum absolute atomic E-state index is 0.788. The van der Waals surface area contributed by atoms with Gasteiger partial charge in [0.05, 0.1) is 52.3 Å². The molecule has 410 valence electrons. The first kappa shape index (κ1) is 59.2. The molecule has 1 amide bonds. The molecule has 5 rings (SSSR count). The number of hydrogen-bond donors (Lipinski definition) is 21. The summed E-state index contributed by atoms with van der Waals surface area (Å²) >= 11 is 0. The highest BCUT2D eigenvalue weighted by Crippen LogP contribution is 2.35. The topological polar surface area (TPSA) is 526 Å². The Morgan fingerprint density at radius 1 is 0.457 bits per heavy atom. The Morgan fingerprint density at radius 2 is 0.857 bits per heavy atom. The van der Waals surface area contributed by atoms with E-state index in [9.17, 15) is 107 Å². The van der Waals surface area contributed by atoms with Crippen molar-refractivity contribution in [3.05, 3.63) is 0 Å². The van der Waals surface area contributed by atoms with Crippen molar-refractivity contribution in [3.8, 4) is 0 Å². The van der Waals surface area contributed by atoms with E-state index in [4.69, 9.17) is 47.4 Å². The number of aliphatic hydroxyl groups excluding tert-OH is 20. The number of amides is 1. The molecular weight excluding hydrogens is 966 g/mol. The van der Waals surface area contributed by atoms with Gasteiger partial charge in [-0.05, 0) is 0 Å². The fourth-order valence-corrected chi connectivity index (χ4v) is 8.38. The van der Waals surface area contributed by atoms with Crippen molar-refractivity contribution in [1.82, 2.24) is 5.32 Å². The molecule has 0 aliphatic carbocycles. The normalized spacial score (nSPS) is 46.7. The monoisotopic (exact) mass is 1030 g/mol. The largest absolute Gasteiger partial charge is 0.394 e. The van der Waals surface area contributed by atoms with Gasteiger partial charge in [0, 0.05) is 6.92 Å². The van der Waals surface area contributed by atoms with Crippen LogP contribution >= 0.6 is 0 Å². The van der Waals surface area contributed by atoms with Crippen molar-refractivity contribution in [2.24, 2.45) is 0 Å². The SMILES string of the molecule is CC(=O)N[C@@H](CO)[C@@H](O)[C@H](O[C@@H]1O[C@H](CO[C@H]2O[C@H](CO)[C@@H](O)[C@H](O[C@H]3O[C@H](CO)[C@@H](O)[C@H](O)[C@@H]3O)[C@@H]2O)[C@@H](O)[C@H](O[C@H]2O[C@H](CO)[C@@H](O)[C@H](O)[C@@H]2O[C@H]2O[C@H](CO)[C@@H](O)[C@H](O)[C@@H]2O)[C@@H]1O)[C@H](O)CO. The molecule has 0 unspecified atom stereocenters. The second kappa shape index (κ2) is 26.2. The van der Waals surface area contributed by atoms with Crippen molar-refractivity contribution < 1.29 is 154 Å². The van der Waals surface area contributed by atoms with Gasteiger partial charge in [0.2, 0.25) is 5.91 Å². The van der Waals surface area contributed by atoms with Gasteiger partial charge in [-0.3, -0.25) is 4.79 Å². The van der Waals surface area contributed by atoms with E-state index >= 15 is 0 Å². The first-order chi connectivity index (χ1) is 33.1. The lowest BCUT2D eigenvalue weighted by atomic mass is 9.95. The Kier molecular flexibility index (Phi) is 22.1. The third-order valence-corrected chi connectivity index (χ3v) is 12.5. The van der Waals surface area contributed by atoms with Crippen molar-refractivity contribution in [1.29, 1.82) is 0 Å². The zero-order valence-electron chi connectivity index (χ0n) is 37.1. The molecule has 5 fully saturated rings. The highest BCUT2D eigenvalue weighted by Gasteiger charge is 2.56. The number of carbonyl (C=O) groups is 1. The van der Waals surface area contributed by atoms with Gasteiger partial charge in [0.15, 0.2) is 31.5 Å². The van der Waals surface area contributed by atoms with Gasteiger partial charge >= 0.3 is 0 Å². The summed E-state index contributed by atoms with van der Waals surface area (Å²) in [5.74, 6) is -0.788. The number of nitrogens with one attached hydrogen (secondary N) is 1. The van der Waals surface area contributed by atoms with E-state index in [1.807, 2.05) is 0 Å². The molecule has 0 saturated carbocycles. The zero-order valence-corrected chi connectivity index (χ0v) is 37.1. The van der Waals surface area contributed by atoms with Crippen LogP contribution in [0.1, 0.15) is 6.92 Å². The van der Waals surface area contributed by atoms with Gasteiger partial charge in [-0.2, -0.15) is 0 Å². The fourth-order valence-electron chi connectivity index (χ4n) is 8.38. The maximum absolute atomic E-state index is 11.9. The summed E-state index contributed by atoms with van der Waals surface area (Å²) in [5.41, 5.74) is 0. The summed E-state index contributed by atoms with van der Waals surface area (Å²) in [4.78, 5) is 11.9.